The Labute approximate surface area is 480 Å². The van der Waals surface area contributed by atoms with Gasteiger partial charge in [-0.05, 0) is 122 Å². The lowest BCUT2D eigenvalue weighted by atomic mass is 10.0. The van der Waals surface area contributed by atoms with Crippen LogP contribution in [-0.4, -0.2) is 37.2 Å². The summed E-state index contributed by atoms with van der Waals surface area (Å²) in [6.07, 6.45) is 92.7. The van der Waals surface area contributed by atoms with Crippen molar-refractivity contribution >= 4 is 17.9 Å². The second-order valence-corrected chi connectivity index (χ2v) is 20.6. The molecular formula is C72H116O6. The quantitative estimate of drug-likeness (QED) is 0.0261. The number of carbonyl (C=O) groups excluding carboxylic acids is 3. The predicted octanol–water partition coefficient (Wildman–Crippen LogP) is 21.9. The second kappa shape index (κ2) is 64.8. The summed E-state index contributed by atoms with van der Waals surface area (Å²) in [4.78, 5) is 38.3. The minimum absolute atomic E-state index is 0.101. The highest BCUT2D eigenvalue weighted by Crippen LogP contribution is 2.15. The molecule has 0 saturated carbocycles. The van der Waals surface area contributed by atoms with Crippen molar-refractivity contribution in [1.29, 1.82) is 0 Å². The third-order valence-electron chi connectivity index (χ3n) is 13.1. The molecule has 0 aromatic carbocycles. The molecule has 6 heteroatoms. The molecule has 0 heterocycles. The van der Waals surface area contributed by atoms with Crippen LogP contribution in [0.25, 0.3) is 0 Å². The Morgan fingerprint density at radius 1 is 0.269 bits per heavy atom. The van der Waals surface area contributed by atoms with Crippen LogP contribution in [0.5, 0.6) is 0 Å². The summed E-state index contributed by atoms with van der Waals surface area (Å²) in [5.41, 5.74) is 0. The minimum atomic E-state index is -0.810. The van der Waals surface area contributed by atoms with Gasteiger partial charge in [0.1, 0.15) is 13.2 Å². The Balaban J connectivity index is 4.46. The molecule has 0 aromatic heterocycles. The van der Waals surface area contributed by atoms with Crippen molar-refractivity contribution in [3.05, 3.63) is 146 Å². The summed E-state index contributed by atoms with van der Waals surface area (Å²) in [6.45, 7) is 6.37. The molecule has 0 N–H and O–H groups in total. The predicted molar refractivity (Wildman–Crippen MR) is 339 cm³/mol. The van der Waals surface area contributed by atoms with Gasteiger partial charge in [-0.15, -0.1) is 0 Å². The highest BCUT2D eigenvalue weighted by molar-refractivity contribution is 5.71. The van der Waals surface area contributed by atoms with E-state index in [1.807, 2.05) is 0 Å². The fourth-order valence-electron chi connectivity index (χ4n) is 8.39. The third kappa shape index (κ3) is 62.1. The largest absolute Gasteiger partial charge is 0.462 e. The average molecular weight is 1080 g/mol. The van der Waals surface area contributed by atoms with Crippen LogP contribution in [0.4, 0.5) is 0 Å². The Kier molecular flexibility index (Phi) is 60.9. The maximum absolute atomic E-state index is 12.9. The molecule has 0 saturated heterocycles. The summed E-state index contributed by atoms with van der Waals surface area (Å²) >= 11 is 0. The van der Waals surface area contributed by atoms with Crippen LogP contribution in [0.3, 0.4) is 0 Å². The molecule has 78 heavy (non-hydrogen) atoms. The number of unbranched alkanes of at least 4 members (excludes halogenated alkanes) is 21. The molecule has 440 valence electrons. The first kappa shape index (κ1) is 73.3. The number of allylic oxidation sites excluding steroid dienone is 24. The summed E-state index contributed by atoms with van der Waals surface area (Å²) in [5, 5.41) is 0. The van der Waals surface area contributed by atoms with Crippen LogP contribution < -0.4 is 0 Å². The SMILES string of the molecule is CC/C=C\C/C=C\C/C=C\C/C=C\C/C=C\C/C=C\C/C=C\CCCCCCCC(=O)OCC(COC(=O)CCCCCCCCCCCCCCCC)OC(=O)CCCCC/C=C\C/C=C\C/C=C\C/C=C\C/C=C\CC. The van der Waals surface area contributed by atoms with E-state index in [9.17, 15) is 14.4 Å². The number of rotatable bonds is 56. The zero-order valence-corrected chi connectivity index (χ0v) is 50.4. The molecule has 0 spiro atoms. The average Bonchev–Trinajstić information content (AvgIpc) is 3.44. The van der Waals surface area contributed by atoms with Gasteiger partial charge in [-0.3, -0.25) is 14.4 Å². The van der Waals surface area contributed by atoms with E-state index in [1.54, 1.807) is 0 Å². The van der Waals surface area contributed by atoms with Crippen molar-refractivity contribution in [2.45, 2.75) is 277 Å². The highest BCUT2D eigenvalue weighted by atomic mass is 16.6. The van der Waals surface area contributed by atoms with Crippen LogP contribution in [0.2, 0.25) is 0 Å². The van der Waals surface area contributed by atoms with Gasteiger partial charge in [-0.25, -0.2) is 0 Å². The van der Waals surface area contributed by atoms with E-state index in [4.69, 9.17) is 14.2 Å². The lowest BCUT2D eigenvalue weighted by Gasteiger charge is -2.18. The fraction of sp³-hybridized carbons (Fsp3) is 0.625. The number of hydrogen-bond donors (Lipinski definition) is 0. The molecule has 0 aliphatic heterocycles. The first-order chi connectivity index (χ1) is 38.5. The van der Waals surface area contributed by atoms with E-state index < -0.39 is 6.10 Å². The van der Waals surface area contributed by atoms with E-state index in [1.165, 1.54) is 70.6 Å². The Morgan fingerprint density at radius 3 is 0.795 bits per heavy atom. The Hall–Kier alpha value is -4.71. The highest BCUT2D eigenvalue weighted by Gasteiger charge is 2.19. The van der Waals surface area contributed by atoms with Crippen molar-refractivity contribution < 1.29 is 28.6 Å². The molecule has 0 rings (SSSR count). The zero-order valence-electron chi connectivity index (χ0n) is 50.4. The van der Waals surface area contributed by atoms with Crippen molar-refractivity contribution in [3.63, 3.8) is 0 Å². The Bertz CT molecular complexity index is 1710. The topological polar surface area (TPSA) is 78.9 Å². The first-order valence-corrected chi connectivity index (χ1v) is 31.8. The number of esters is 3. The number of hydrogen-bond acceptors (Lipinski definition) is 6. The summed E-state index contributed by atoms with van der Waals surface area (Å²) in [5.74, 6) is -0.952. The monoisotopic (exact) mass is 1080 g/mol. The summed E-state index contributed by atoms with van der Waals surface area (Å²) in [7, 11) is 0. The van der Waals surface area contributed by atoms with Crippen LogP contribution in [0.1, 0.15) is 271 Å². The molecule has 0 aromatic rings. The fourth-order valence-corrected chi connectivity index (χ4v) is 8.39. The lowest BCUT2D eigenvalue weighted by molar-refractivity contribution is -0.167. The molecule has 0 bridgehead atoms. The molecule has 0 aliphatic rings. The maximum Gasteiger partial charge on any atom is 0.306 e. The van der Waals surface area contributed by atoms with Gasteiger partial charge in [0.2, 0.25) is 0 Å². The second-order valence-electron chi connectivity index (χ2n) is 20.6. The molecule has 1 unspecified atom stereocenters. The lowest BCUT2D eigenvalue weighted by Crippen LogP contribution is -2.30. The van der Waals surface area contributed by atoms with Gasteiger partial charge in [0.25, 0.3) is 0 Å². The van der Waals surface area contributed by atoms with Crippen molar-refractivity contribution in [2.24, 2.45) is 0 Å². The van der Waals surface area contributed by atoms with Gasteiger partial charge >= 0.3 is 17.9 Å². The molecular weight excluding hydrogens is 961 g/mol. The van der Waals surface area contributed by atoms with E-state index in [0.29, 0.717) is 12.8 Å². The van der Waals surface area contributed by atoms with E-state index in [2.05, 4.69) is 167 Å². The van der Waals surface area contributed by atoms with Crippen molar-refractivity contribution in [1.82, 2.24) is 0 Å². The molecule has 0 amide bonds. The molecule has 6 nitrogen and oxygen atoms in total. The van der Waals surface area contributed by atoms with E-state index >= 15 is 0 Å². The van der Waals surface area contributed by atoms with Gasteiger partial charge in [0, 0.05) is 19.3 Å². The minimum Gasteiger partial charge on any atom is -0.462 e. The van der Waals surface area contributed by atoms with Crippen molar-refractivity contribution in [2.75, 3.05) is 13.2 Å². The molecule has 1 atom stereocenters. The summed E-state index contributed by atoms with van der Waals surface area (Å²) in [6, 6.07) is 0. The molecule has 0 aliphatic carbocycles. The zero-order chi connectivity index (χ0) is 56.4. The Morgan fingerprint density at radius 2 is 0.500 bits per heavy atom. The van der Waals surface area contributed by atoms with Gasteiger partial charge in [-0.2, -0.15) is 0 Å². The van der Waals surface area contributed by atoms with Crippen LogP contribution in [0, 0.1) is 0 Å². The van der Waals surface area contributed by atoms with Gasteiger partial charge in [-0.1, -0.05) is 276 Å². The van der Waals surface area contributed by atoms with Gasteiger partial charge in [0.05, 0.1) is 0 Å². The smallest absolute Gasteiger partial charge is 0.306 e. The standard InChI is InChI=1S/C72H116O6/c1-4-7-10-13-16-19-22-25-28-30-32-33-34-35-36-37-38-39-41-42-44-47-50-53-56-59-62-65-71(74)77-68-69(67-76-70(73)64-61-58-55-52-49-46-27-24-21-18-15-12-9-6-3)78-72(75)66-63-60-57-54-51-48-45-43-40-31-29-26-23-20-17-14-11-8-5-2/h7-8,10-11,16-17,19-20,25-26,28-29,32-33,35-36,38-40,42-44,48,51,69H,4-6,9,12-15,18,21-24,27,30-31,34,37,41,45-47,49-50,52-68H2,1-3H3/b10-7-,11-8-,19-16-,20-17-,28-25-,29-26-,33-32-,36-35-,39-38-,43-40-,44-42-,51-48-. The number of carbonyl (C=O) groups is 3. The van der Waals surface area contributed by atoms with Gasteiger partial charge < -0.3 is 14.2 Å². The normalized spacial score (nSPS) is 13.1. The van der Waals surface area contributed by atoms with Crippen LogP contribution >= 0.6 is 0 Å². The van der Waals surface area contributed by atoms with E-state index in [-0.39, 0.29) is 37.5 Å². The van der Waals surface area contributed by atoms with Gasteiger partial charge in [0.15, 0.2) is 6.10 Å². The van der Waals surface area contributed by atoms with Crippen LogP contribution in [0.15, 0.2) is 146 Å². The maximum atomic E-state index is 12.9. The molecule has 0 fully saturated rings. The molecule has 0 radical (unpaired) electrons. The van der Waals surface area contributed by atoms with E-state index in [0.717, 1.165) is 161 Å². The first-order valence-electron chi connectivity index (χ1n) is 31.8. The van der Waals surface area contributed by atoms with Crippen molar-refractivity contribution in [3.8, 4) is 0 Å². The summed E-state index contributed by atoms with van der Waals surface area (Å²) < 4.78 is 16.9. The van der Waals surface area contributed by atoms with Crippen LogP contribution in [-0.2, 0) is 28.6 Å². The number of ether oxygens (including phenoxy) is 3. The third-order valence-corrected chi connectivity index (χ3v) is 13.1.